The Hall–Kier alpha value is -1.83. The molecule has 2 aliphatic rings. The summed E-state index contributed by atoms with van der Waals surface area (Å²) in [6, 6.07) is -0.673. The second-order valence-corrected chi connectivity index (χ2v) is 10.1. The molecule has 0 bridgehead atoms. The maximum Gasteiger partial charge on any atom is 0.407 e. The van der Waals surface area contributed by atoms with Crippen LogP contribution in [0.5, 0.6) is 0 Å². The second kappa shape index (κ2) is 11.7. The van der Waals surface area contributed by atoms with E-state index in [4.69, 9.17) is 4.74 Å². The maximum atomic E-state index is 12.5. The average Bonchev–Trinajstić information content (AvgIpc) is 2.72. The van der Waals surface area contributed by atoms with Crippen molar-refractivity contribution >= 4 is 18.4 Å². The van der Waals surface area contributed by atoms with Crippen LogP contribution < -0.4 is 10.6 Å². The van der Waals surface area contributed by atoms with Gasteiger partial charge in [0.15, 0.2) is 6.10 Å². The number of carbonyl (C=O) groups is 3. The van der Waals surface area contributed by atoms with E-state index in [2.05, 4.69) is 10.6 Å². The molecule has 2 rings (SSSR count). The number of nitrogens with zero attached hydrogens (tertiary/aromatic N) is 1. The molecule has 2 atom stereocenters. The number of alkyl carbamates (subject to hydrolysis) is 1. The van der Waals surface area contributed by atoms with E-state index >= 15 is 0 Å². The van der Waals surface area contributed by atoms with E-state index in [0.717, 1.165) is 19.3 Å². The third-order valence-electron chi connectivity index (χ3n) is 6.45. The number of hydrogen-bond donors (Lipinski definition) is 3. The van der Waals surface area contributed by atoms with Gasteiger partial charge in [-0.25, -0.2) is 4.79 Å². The fourth-order valence-corrected chi connectivity index (χ4v) is 4.63. The number of hydrogen-bond acceptors (Lipinski definition) is 5. The summed E-state index contributed by atoms with van der Waals surface area (Å²) in [5.41, 5.74) is -0.543. The first-order valence-corrected chi connectivity index (χ1v) is 11.8. The zero-order chi connectivity index (χ0) is 23.0. The van der Waals surface area contributed by atoms with Crippen molar-refractivity contribution in [2.45, 2.75) is 115 Å². The number of amides is 3. The molecule has 8 heteroatoms. The molecule has 2 aliphatic carbocycles. The van der Waals surface area contributed by atoms with Gasteiger partial charge in [0, 0.05) is 18.6 Å². The molecule has 0 aliphatic heterocycles. The smallest absolute Gasteiger partial charge is 0.407 e. The first kappa shape index (κ1) is 25.4. The number of aliphatic hydroxyl groups is 1. The lowest BCUT2D eigenvalue weighted by Crippen LogP contribution is -2.54. The van der Waals surface area contributed by atoms with Gasteiger partial charge in [-0.05, 0) is 72.1 Å². The third-order valence-corrected chi connectivity index (χ3v) is 6.45. The Morgan fingerprint density at radius 3 is 2.26 bits per heavy atom. The Morgan fingerprint density at radius 2 is 1.71 bits per heavy atom. The normalized spacial score (nSPS) is 24.5. The number of aliphatic hydroxyl groups excluding tert-OH is 1. The van der Waals surface area contributed by atoms with Gasteiger partial charge in [-0.3, -0.25) is 9.59 Å². The summed E-state index contributed by atoms with van der Waals surface area (Å²) < 4.78 is 5.30. The van der Waals surface area contributed by atoms with E-state index in [9.17, 15) is 19.5 Å². The van der Waals surface area contributed by atoms with E-state index in [-0.39, 0.29) is 12.1 Å². The standard InChI is InChI=1S/C23H41N3O5/c1-16(20(28)21(29)24-14-17-8-6-5-7-9-17)26(15-27)19-12-10-18(11-13-19)25-22(30)31-23(2,3)4/h15-20,28H,5-14H2,1-4H3,(H,24,29)(H,25,30)/t16?,18-,19+,20?. The summed E-state index contributed by atoms with van der Waals surface area (Å²) in [6.45, 7) is 7.77. The van der Waals surface area contributed by atoms with Gasteiger partial charge in [-0.2, -0.15) is 0 Å². The van der Waals surface area contributed by atoms with Crippen LogP contribution in [0.3, 0.4) is 0 Å². The maximum absolute atomic E-state index is 12.5. The molecule has 0 aromatic rings. The Morgan fingerprint density at radius 1 is 1.10 bits per heavy atom. The Labute approximate surface area is 186 Å². The molecule has 3 N–H and O–H groups in total. The van der Waals surface area contributed by atoms with Crippen LogP contribution in [0.2, 0.25) is 0 Å². The molecule has 2 saturated carbocycles. The molecule has 0 aromatic carbocycles. The summed E-state index contributed by atoms with van der Waals surface area (Å²) in [6.07, 6.45) is 7.75. The monoisotopic (exact) mass is 439 g/mol. The van der Waals surface area contributed by atoms with Gasteiger partial charge in [0.2, 0.25) is 6.41 Å². The van der Waals surface area contributed by atoms with Gasteiger partial charge in [-0.1, -0.05) is 19.3 Å². The molecule has 31 heavy (non-hydrogen) atoms. The first-order chi connectivity index (χ1) is 14.6. The highest BCUT2D eigenvalue weighted by Gasteiger charge is 2.34. The van der Waals surface area contributed by atoms with Crippen molar-refractivity contribution < 1.29 is 24.2 Å². The van der Waals surface area contributed by atoms with Crippen LogP contribution in [0, 0.1) is 5.92 Å². The summed E-state index contributed by atoms with van der Waals surface area (Å²) in [4.78, 5) is 37.8. The van der Waals surface area contributed by atoms with Crippen molar-refractivity contribution in [1.82, 2.24) is 15.5 Å². The molecule has 0 aromatic heterocycles. The molecule has 0 heterocycles. The molecule has 8 nitrogen and oxygen atoms in total. The Kier molecular flexibility index (Phi) is 9.59. The van der Waals surface area contributed by atoms with Gasteiger partial charge in [0.1, 0.15) is 5.60 Å². The van der Waals surface area contributed by atoms with Gasteiger partial charge < -0.3 is 25.4 Å². The topological polar surface area (TPSA) is 108 Å². The predicted octanol–water partition coefficient (Wildman–Crippen LogP) is 2.73. The quantitative estimate of drug-likeness (QED) is 0.504. The second-order valence-electron chi connectivity index (χ2n) is 10.1. The van der Waals surface area contributed by atoms with Gasteiger partial charge in [0.25, 0.3) is 5.91 Å². The molecule has 3 amide bonds. The lowest BCUT2D eigenvalue weighted by molar-refractivity contribution is -0.137. The average molecular weight is 440 g/mol. The largest absolute Gasteiger partial charge is 0.444 e. The van der Waals surface area contributed by atoms with E-state index in [0.29, 0.717) is 38.1 Å². The van der Waals surface area contributed by atoms with Gasteiger partial charge in [-0.15, -0.1) is 0 Å². The van der Waals surface area contributed by atoms with Crippen LogP contribution in [0.4, 0.5) is 4.79 Å². The molecular formula is C23H41N3O5. The van der Waals surface area contributed by atoms with E-state index in [1.54, 1.807) is 11.8 Å². The van der Waals surface area contributed by atoms with Gasteiger partial charge in [0.05, 0.1) is 6.04 Å². The van der Waals surface area contributed by atoms with Crippen molar-refractivity contribution in [3.8, 4) is 0 Å². The highest BCUT2D eigenvalue weighted by atomic mass is 16.6. The molecular weight excluding hydrogens is 398 g/mol. The van der Waals surface area contributed by atoms with Gasteiger partial charge >= 0.3 is 6.09 Å². The third kappa shape index (κ3) is 8.31. The molecule has 0 spiro atoms. The van der Waals surface area contributed by atoms with Crippen LogP contribution in [0.25, 0.3) is 0 Å². The van der Waals surface area contributed by atoms with E-state index in [1.165, 1.54) is 19.3 Å². The number of nitrogens with one attached hydrogen (secondary N) is 2. The lowest BCUT2D eigenvalue weighted by atomic mass is 9.89. The minimum atomic E-state index is -1.26. The lowest BCUT2D eigenvalue weighted by Gasteiger charge is -2.39. The number of ether oxygens (including phenoxy) is 1. The SMILES string of the molecule is CC(C(O)C(=O)NCC1CCCCC1)N(C=O)[C@H]1CC[C@@H](NC(=O)OC(C)(C)C)CC1. The van der Waals surface area contributed by atoms with Crippen molar-refractivity contribution in [3.63, 3.8) is 0 Å². The summed E-state index contributed by atoms with van der Waals surface area (Å²) >= 11 is 0. The predicted molar refractivity (Wildman–Crippen MR) is 118 cm³/mol. The van der Waals surface area contributed by atoms with Crippen molar-refractivity contribution in [3.05, 3.63) is 0 Å². The minimum Gasteiger partial charge on any atom is -0.444 e. The summed E-state index contributed by atoms with van der Waals surface area (Å²) in [7, 11) is 0. The number of carbonyl (C=O) groups excluding carboxylic acids is 3. The highest BCUT2D eigenvalue weighted by molar-refractivity contribution is 5.81. The van der Waals surface area contributed by atoms with Crippen molar-refractivity contribution in [1.29, 1.82) is 0 Å². The molecule has 0 saturated heterocycles. The van der Waals surface area contributed by atoms with Crippen LogP contribution in [-0.4, -0.2) is 64.8 Å². The van der Waals surface area contributed by atoms with Crippen LogP contribution >= 0.6 is 0 Å². The molecule has 0 radical (unpaired) electrons. The fourth-order valence-electron chi connectivity index (χ4n) is 4.63. The zero-order valence-electron chi connectivity index (χ0n) is 19.6. The molecule has 178 valence electrons. The molecule has 2 fully saturated rings. The van der Waals surface area contributed by atoms with Crippen molar-refractivity contribution in [2.24, 2.45) is 5.92 Å². The van der Waals surface area contributed by atoms with Crippen LogP contribution in [0.15, 0.2) is 0 Å². The Bertz CT molecular complexity index is 593. The zero-order valence-corrected chi connectivity index (χ0v) is 19.6. The Balaban J connectivity index is 1.79. The minimum absolute atomic E-state index is 0.00127. The summed E-state index contributed by atoms with van der Waals surface area (Å²) in [5, 5.41) is 16.3. The molecule has 2 unspecified atom stereocenters. The number of rotatable bonds is 8. The van der Waals surface area contributed by atoms with E-state index in [1.807, 2.05) is 20.8 Å². The van der Waals surface area contributed by atoms with Crippen LogP contribution in [-0.2, 0) is 14.3 Å². The van der Waals surface area contributed by atoms with Crippen molar-refractivity contribution in [2.75, 3.05) is 6.54 Å². The van der Waals surface area contributed by atoms with E-state index < -0.39 is 29.7 Å². The fraction of sp³-hybridized carbons (Fsp3) is 0.870. The highest BCUT2D eigenvalue weighted by Crippen LogP contribution is 2.26. The first-order valence-electron chi connectivity index (χ1n) is 11.8. The summed E-state index contributed by atoms with van der Waals surface area (Å²) in [5.74, 6) is 0.0698. The van der Waals surface area contributed by atoms with Crippen LogP contribution in [0.1, 0.15) is 85.5 Å².